The Hall–Kier alpha value is -2.92. The van der Waals surface area contributed by atoms with Crippen LogP contribution in [0.5, 0.6) is 0 Å². The summed E-state index contributed by atoms with van der Waals surface area (Å²) in [6.45, 7) is 14.6. The zero-order valence-electron chi connectivity index (χ0n) is 22.7. The van der Waals surface area contributed by atoms with Gasteiger partial charge in [-0.2, -0.15) is 0 Å². The Balaban J connectivity index is 0.000000220. The van der Waals surface area contributed by atoms with Gasteiger partial charge in [-0.05, 0) is 101 Å². The molecule has 0 bridgehead atoms. The van der Waals surface area contributed by atoms with E-state index in [2.05, 4.69) is 120 Å². The molecule has 0 N–H and O–H groups in total. The molecule has 3 aromatic heterocycles. The first kappa shape index (κ1) is 28.7. The predicted molar refractivity (Wildman–Crippen MR) is 155 cm³/mol. The fourth-order valence-electron chi connectivity index (χ4n) is 4.81. The van der Waals surface area contributed by atoms with E-state index in [0.29, 0.717) is 0 Å². The smallest absolute Gasteiger partial charge is 0.400 e. The predicted octanol–water partition coefficient (Wildman–Crippen LogP) is 4.27. The third-order valence-corrected chi connectivity index (χ3v) is 8.93. The van der Waals surface area contributed by atoms with E-state index in [1.807, 2.05) is 20.8 Å². The van der Waals surface area contributed by atoms with E-state index < -0.39 is 15.0 Å². The van der Waals surface area contributed by atoms with E-state index in [-0.39, 0.29) is 17.1 Å². The van der Waals surface area contributed by atoms with Crippen LogP contribution >= 0.6 is 7.92 Å². The molecule has 0 aliphatic heterocycles. The largest absolute Gasteiger partial charge is 1.00 e. The van der Waals surface area contributed by atoms with Crippen LogP contribution in [0, 0.1) is 41.5 Å². The molecule has 0 aliphatic rings. The van der Waals surface area contributed by atoms with Crippen molar-refractivity contribution in [3.05, 3.63) is 113 Å². The molecule has 5 rings (SSSR count). The number of nitrogens with zero attached hydrogens (tertiary/aromatic N) is 6. The number of hydrogen-bond acceptors (Lipinski definition) is 3. The normalized spacial score (nSPS) is 10.8. The molecule has 196 valence electrons. The van der Waals surface area contributed by atoms with Crippen molar-refractivity contribution < 1.29 is 17.1 Å². The summed E-state index contributed by atoms with van der Waals surface area (Å²) in [5.74, 6) is 0. The van der Waals surface area contributed by atoms with Crippen LogP contribution in [0.1, 0.15) is 34.2 Å². The minimum absolute atomic E-state index is 0. The Bertz CT molecular complexity index is 1280. The van der Waals surface area contributed by atoms with E-state index in [0.717, 1.165) is 34.2 Å². The van der Waals surface area contributed by atoms with Crippen molar-refractivity contribution in [2.24, 2.45) is 0 Å². The van der Waals surface area contributed by atoms with Crippen molar-refractivity contribution in [2.45, 2.75) is 41.5 Å². The summed E-state index contributed by atoms with van der Waals surface area (Å²) >= 11 is 0. The van der Waals surface area contributed by atoms with Crippen LogP contribution in [0.25, 0.3) is 0 Å². The summed E-state index contributed by atoms with van der Waals surface area (Å²) in [5, 5.41) is 17.0. The first-order valence-electron chi connectivity index (χ1n) is 12.4. The molecule has 0 unspecified atom stereocenters. The van der Waals surface area contributed by atoms with Crippen LogP contribution in [0.4, 0.5) is 0 Å². The van der Waals surface area contributed by atoms with Gasteiger partial charge >= 0.3 is 24.2 Å². The summed E-state index contributed by atoms with van der Waals surface area (Å²) in [5.41, 5.74) is 6.40. The number of benzene rings is 2. The topological polar surface area (TPSA) is 53.5 Å². The fourth-order valence-corrected chi connectivity index (χ4v) is 6.53. The SMILES string of the molecule is C[PH+](c1ccccc1)c1ccccc1.Cc1cc(C)n([BH-](n2nc(C)cc2C)n2nc(C)cc2C)n1.[Cu+]. The first-order valence-corrected chi connectivity index (χ1v) is 14.4. The molecule has 6 nitrogen and oxygen atoms in total. The van der Waals surface area contributed by atoms with Crippen LogP contribution in [-0.4, -0.2) is 42.9 Å². The van der Waals surface area contributed by atoms with E-state index in [1.165, 1.54) is 10.6 Å². The van der Waals surface area contributed by atoms with E-state index >= 15 is 0 Å². The quantitative estimate of drug-likeness (QED) is 0.238. The number of hydrogen-bond donors (Lipinski definition) is 0. The summed E-state index contributed by atoms with van der Waals surface area (Å²) in [6.07, 6.45) is 0. The maximum absolute atomic E-state index is 4.70. The van der Waals surface area contributed by atoms with Crippen LogP contribution in [-0.2, 0) is 17.1 Å². The third-order valence-electron chi connectivity index (χ3n) is 6.53. The number of aromatic nitrogens is 6. The molecule has 0 amide bonds. The first-order chi connectivity index (χ1) is 17.2. The summed E-state index contributed by atoms with van der Waals surface area (Å²) in [4.78, 5) is 0. The van der Waals surface area contributed by atoms with Crippen molar-refractivity contribution in [3.63, 3.8) is 0 Å². The second kappa shape index (κ2) is 12.6. The molecule has 0 saturated carbocycles. The molecule has 0 atom stereocenters. The fraction of sp³-hybridized carbons (Fsp3) is 0.250. The van der Waals surface area contributed by atoms with Gasteiger partial charge in [0.15, 0.2) is 0 Å². The van der Waals surface area contributed by atoms with Gasteiger partial charge in [0.05, 0.1) is 42.3 Å². The summed E-state index contributed by atoms with van der Waals surface area (Å²) in [7, 11) is -1.80. The minimum atomic E-state index is -1.26. The van der Waals surface area contributed by atoms with Gasteiger partial charge < -0.3 is 13.8 Å². The second-order valence-electron chi connectivity index (χ2n) is 9.56. The third kappa shape index (κ3) is 6.70. The van der Waals surface area contributed by atoms with E-state index in [4.69, 9.17) is 15.3 Å². The zero-order valence-corrected chi connectivity index (χ0v) is 24.6. The van der Waals surface area contributed by atoms with Gasteiger partial charge in [0.2, 0.25) is 0 Å². The Morgan fingerprint density at radius 3 is 1.08 bits per heavy atom. The van der Waals surface area contributed by atoms with E-state index in [1.54, 1.807) is 0 Å². The molecule has 0 saturated heterocycles. The van der Waals surface area contributed by atoms with Gasteiger partial charge in [0.25, 0.3) is 0 Å². The summed E-state index contributed by atoms with van der Waals surface area (Å²) < 4.78 is 6.19. The van der Waals surface area contributed by atoms with Gasteiger partial charge in [-0.1, -0.05) is 36.4 Å². The Morgan fingerprint density at radius 2 is 0.838 bits per heavy atom. The molecular weight excluding hydrogens is 526 g/mol. The Kier molecular flexibility index (Phi) is 9.72. The monoisotopic (exact) mass is 561 g/mol. The van der Waals surface area contributed by atoms with Crippen LogP contribution in [0.3, 0.4) is 0 Å². The van der Waals surface area contributed by atoms with Crippen molar-refractivity contribution in [1.82, 2.24) is 29.1 Å². The van der Waals surface area contributed by atoms with Gasteiger partial charge in [-0.15, -0.1) is 0 Å². The van der Waals surface area contributed by atoms with Crippen molar-refractivity contribution >= 4 is 25.6 Å². The minimum Gasteiger partial charge on any atom is -0.400 e. The van der Waals surface area contributed by atoms with E-state index in [9.17, 15) is 0 Å². The maximum Gasteiger partial charge on any atom is 1.00 e. The molecule has 0 fully saturated rings. The Morgan fingerprint density at radius 1 is 0.541 bits per heavy atom. The van der Waals surface area contributed by atoms with Gasteiger partial charge in [0, 0.05) is 0 Å². The van der Waals surface area contributed by atoms with Gasteiger partial charge in [-0.25, -0.2) is 15.3 Å². The molecule has 37 heavy (non-hydrogen) atoms. The molecule has 2 aromatic carbocycles. The van der Waals surface area contributed by atoms with Crippen molar-refractivity contribution in [3.8, 4) is 0 Å². The van der Waals surface area contributed by atoms with Crippen LogP contribution in [0.15, 0.2) is 78.9 Å². The molecule has 0 spiro atoms. The number of rotatable bonds is 5. The second-order valence-corrected chi connectivity index (χ2v) is 12.0. The standard InChI is InChI=1S/C15H22BN6.C13H13P.Cu/c1-10-7-13(4)20(17-10)16(21-14(5)8-11(2)18-21)22-15(6)9-12(3)19-22;1-14(12-8-4-2-5-9-12)13-10-6-3-7-11-13;/h7-9,16H,1-6H3;2-11H,1H3;/q-1;;+1/p+1. The number of aryl methyl sites for hydroxylation is 6. The molecule has 0 aliphatic carbocycles. The molecule has 5 aromatic rings. The average molecular weight is 562 g/mol. The van der Waals surface area contributed by atoms with Crippen LogP contribution < -0.4 is 10.6 Å². The zero-order chi connectivity index (χ0) is 25.8. The molecular formula is C28H36BCuN6P+. The van der Waals surface area contributed by atoms with Crippen molar-refractivity contribution in [2.75, 3.05) is 6.66 Å². The summed E-state index contributed by atoms with van der Waals surface area (Å²) in [6, 6.07) is 27.8. The maximum atomic E-state index is 4.70. The van der Waals surface area contributed by atoms with Crippen LogP contribution in [0.2, 0.25) is 0 Å². The average Bonchev–Trinajstić information content (AvgIpc) is 3.50. The Labute approximate surface area is 232 Å². The molecule has 0 radical (unpaired) electrons. The van der Waals surface area contributed by atoms with Crippen molar-refractivity contribution in [1.29, 1.82) is 0 Å². The van der Waals surface area contributed by atoms with Gasteiger partial charge in [-0.3, -0.25) is 0 Å². The molecule has 3 heterocycles. The molecule has 9 heteroatoms. The van der Waals surface area contributed by atoms with Gasteiger partial charge in [0.1, 0.15) is 0 Å².